The lowest BCUT2D eigenvalue weighted by molar-refractivity contribution is -0.131. The van der Waals surface area contributed by atoms with Crippen LogP contribution in [0.4, 0.5) is 0 Å². The fraction of sp³-hybridized carbons (Fsp3) is 0.100. The van der Waals surface area contributed by atoms with Gasteiger partial charge in [-0.2, -0.15) is 0 Å². The van der Waals surface area contributed by atoms with Crippen molar-refractivity contribution in [2.45, 2.75) is 6.92 Å². The molecule has 1 aromatic rings. The van der Waals surface area contributed by atoms with Crippen LogP contribution in [0.15, 0.2) is 24.3 Å². The molecule has 0 fully saturated rings. The molecule has 0 aliphatic rings. The van der Waals surface area contributed by atoms with E-state index in [-0.39, 0.29) is 5.75 Å². The van der Waals surface area contributed by atoms with Crippen molar-refractivity contribution in [3.8, 4) is 5.75 Å². The Balaban J connectivity index is 3.02. The molecule has 0 atom stereocenters. The molecule has 2 N–H and O–H groups in total. The van der Waals surface area contributed by atoms with Crippen LogP contribution in [0.3, 0.4) is 0 Å². The van der Waals surface area contributed by atoms with Crippen LogP contribution < -0.4 is 0 Å². The van der Waals surface area contributed by atoms with Crippen molar-refractivity contribution >= 4 is 12.0 Å². The first kappa shape index (κ1) is 9.32. The monoisotopic (exact) mass is 178 g/mol. The van der Waals surface area contributed by atoms with Gasteiger partial charge in [-0.15, -0.1) is 0 Å². The SMILES string of the molecule is Cc1cccc(/C=C/C(=O)O)c1O. The summed E-state index contributed by atoms with van der Waals surface area (Å²) in [5.41, 5.74) is 1.25. The van der Waals surface area contributed by atoms with Gasteiger partial charge in [0.1, 0.15) is 5.75 Å². The van der Waals surface area contributed by atoms with Crippen molar-refractivity contribution in [1.82, 2.24) is 0 Å². The molecule has 0 aliphatic carbocycles. The first-order valence-electron chi connectivity index (χ1n) is 3.81. The first-order valence-corrected chi connectivity index (χ1v) is 3.81. The van der Waals surface area contributed by atoms with E-state index in [1.807, 2.05) is 0 Å². The van der Waals surface area contributed by atoms with Gasteiger partial charge in [0.05, 0.1) is 0 Å². The van der Waals surface area contributed by atoms with Gasteiger partial charge in [0.25, 0.3) is 0 Å². The van der Waals surface area contributed by atoms with Crippen molar-refractivity contribution in [3.63, 3.8) is 0 Å². The van der Waals surface area contributed by atoms with Crippen molar-refractivity contribution in [2.24, 2.45) is 0 Å². The predicted octanol–water partition coefficient (Wildman–Crippen LogP) is 1.80. The van der Waals surface area contributed by atoms with Gasteiger partial charge in [-0.1, -0.05) is 18.2 Å². The van der Waals surface area contributed by atoms with Crippen molar-refractivity contribution in [2.75, 3.05) is 0 Å². The standard InChI is InChI=1S/C10H10O3/c1-7-3-2-4-8(10(7)13)5-6-9(11)12/h2-6,13H,1H3,(H,11,12)/b6-5+. The molecule has 0 saturated carbocycles. The lowest BCUT2D eigenvalue weighted by Crippen LogP contribution is -1.86. The molecular formula is C10H10O3. The molecule has 0 unspecified atom stereocenters. The van der Waals surface area contributed by atoms with Gasteiger partial charge in [-0.25, -0.2) is 4.79 Å². The summed E-state index contributed by atoms with van der Waals surface area (Å²) < 4.78 is 0. The average Bonchev–Trinajstić information content (AvgIpc) is 2.07. The summed E-state index contributed by atoms with van der Waals surface area (Å²) in [6.07, 6.45) is 2.36. The third-order valence-electron chi connectivity index (χ3n) is 1.67. The molecule has 3 nitrogen and oxygen atoms in total. The number of carbonyl (C=O) groups is 1. The number of phenolic OH excluding ortho intramolecular Hbond substituents is 1. The highest BCUT2D eigenvalue weighted by Crippen LogP contribution is 2.22. The smallest absolute Gasteiger partial charge is 0.328 e. The van der Waals surface area contributed by atoms with Crippen LogP contribution in [0, 0.1) is 6.92 Å². The van der Waals surface area contributed by atoms with Gasteiger partial charge in [0.15, 0.2) is 0 Å². The molecule has 0 radical (unpaired) electrons. The van der Waals surface area contributed by atoms with Crippen molar-refractivity contribution in [1.29, 1.82) is 0 Å². The largest absolute Gasteiger partial charge is 0.507 e. The Morgan fingerprint density at radius 1 is 1.46 bits per heavy atom. The third kappa shape index (κ3) is 2.33. The molecule has 68 valence electrons. The second-order valence-corrected chi connectivity index (χ2v) is 2.68. The second kappa shape index (κ2) is 3.76. The molecule has 3 heteroatoms. The number of rotatable bonds is 2. The zero-order valence-corrected chi connectivity index (χ0v) is 7.19. The van der Waals surface area contributed by atoms with Gasteiger partial charge in [-0.3, -0.25) is 0 Å². The Morgan fingerprint density at radius 3 is 2.77 bits per heavy atom. The van der Waals surface area contributed by atoms with Crippen LogP contribution in [0.1, 0.15) is 11.1 Å². The van der Waals surface area contributed by atoms with E-state index in [4.69, 9.17) is 5.11 Å². The summed E-state index contributed by atoms with van der Waals surface area (Å²) in [6.45, 7) is 1.76. The van der Waals surface area contributed by atoms with Crippen LogP contribution in [0.25, 0.3) is 6.08 Å². The van der Waals surface area contributed by atoms with Gasteiger partial charge >= 0.3 is 5.97 Å². The zero-order valence-electron chi connectivity index (χ0n) is 7.19. The molecule has 0 bridgehead atoms. The molecule has 1 rings (SSSR count). The number of benzene rings is 1. The van der Waals surface area contributed by atoms with E-state index < -0.39 is 5.97 Å². The van der Waals surface area contributed by atoms with E-state index in [2.05, 4.69) is 0 Å². The van der Waals surface area contributed by atoms with E-state index in [0.29, 0.717) is 5.56 Å². The van der Waals surface area contributed by atoms with E-state index >= 15 is 0 Å². The normalized spacial score (nSPS) is 10.5. The number of hydrogen-bond donors (Lipinski definition) is 2. The fourth-order valence-corrected chi connectivity index (χ4v) is 0.977. The van der Waals surface area contributed by atoms with Gasteiger partial charge in [-0.05, 0) is 18.6 Å². The summed E-state index contributed by atoms with van der Waals surface area (Å²) >= 11 is 0. The van der Waals surface area contributed by atoms with Crippen molar-refractivity contribution < 1.29 is 15.0 Å². The summed E-state index contributed by atoms with van der Waals surface area (Å²) in [6, 6.07) is 5.17. The number of aryl methyl sites for hydroxylation is 1. The molecule has 0 amide bonds. The minimum Gasteiger partial charge on any atom is -0.507 e. The maximum Gasteiger partial charge on any atom is 0.328 e. The molecule has 0 spiro atoms. The number of carboxylic acids is 1. The zero-order chi connectivity index (χ0) is 9.84. The lowest BCUT2D eigenvalue weighted by Gasteiger charge is -2.00. The number of phenols is 1. The molecule has 0 heterocycles. The van der Waals surface area contributed by atoms with Crippen LogP contribution in [0.2, 0.25) is 0 Å². The summed E-state index contributed by atoms with van der Waals surface area (Å²) in [7, 11) is 0. The number of aliphatic carboxylic acids is 1. The number of aromatic hydroxyl groups is 1. The Kier molecular flexibility index (Phi) is 2.69. The Morgan fingerprint density at radius 2 is 2.15 bits per heavy atom. The second-order valence-electron chi connectivity index (χ2n) is 2.68. The highest BCUT2D eigenvalue weighted by Gasteiger charge is 1.99. The topological polar surface area (TPSA) is 57.5 Å². The van der Waals surface area contributed by atoms with Crippen molar-refractivity contribution in [3.05, 3.63) is 35.4 Å². The van der Waals surface area contributed by atoms with Gasteiger partial charge in [0, 0.05) is 11.6 Å². The molecule has 1 aromatic carbocycles. The van der Waals surface area contributed by atoms with E-state index in [1.165, 1.54) is 6.08 Å². The predicted molar refractivity (Wildman–Crippen MR) is 49.5 cm³/mol. The highest BCUT2D eigenvalue weighted by atomic mass is 16.4. The van der Waals surface area contributed by atoms with E-state index in [9.17, 15) is 9.90 Å². The van der Waals surface area contributed by atoms with E-state index in [1.54, 1.807) is 25.1 Å². The molecule has 0 saturated heterocycles. The number of carboxylic acid groups (broad SMARTS) is 1. The minimum atomic E-state index is -1.03. The summed E-state index contributed by atoms with van der Waals surface area (Å²) in [5.74, 6) is -0.902. The first-order chi connectivity index (χ1) is 6.11. The van der Waals surface area contributed by atoms with Crippen LogP contribution in [0.5, 0.6) is 5.75 Å². The molecule has 0 aromatic heterocycles. The molecule has 0 aliphatic heterocycles. The minimum absolute atomic E-state index is 0.125. The quantitative estimate of drug-likeness (QED) is 0.679. The molecular weight excluding hydrogens is 168 g/mol. The van der Waals surface area contributed by atoms with Crippen LogP contribution >= 0.6 is 0 Å². The summed E-state index contributed by atoms with van der Waals surface area (Å²) in [4.78, 5) is 10.2. The fourth-order valence-electron chi connectivity index (χ4n) is 0.977. The van der Waals surface area contributed by atoms with Gasteiger partial charge < -0.3 is 10.2 Å². The highest BCUT2D eigenvalue weighted by molar-refractivity contribution is 5.85. The maximum absolute atomic E-state index is 10.2. The maximum atomic E-state index is 10.2. The Hall–Kier alpha value is -1.77. The number of para-hydroxylation sites is 1. The van der Waals surface area contributed by atoms with Crippen LogP contribution in [-0.2, 0) is 4.79 Å². The third-order valence-corrected chi connectivity index (χ3v) is 1.67. The Labute approximate surface area is 76.0 Å². The summed E-state index contributed by atoms with van der Waals surface area (Å²) in [5, 5.41) is 17.8. The average molecular weight is 178 g/mol. The van der Waals surface area contributed by atoms with Crippen LogP contribution in [-0.4, -0.2) is 16.2 Å². The van der Waals surface area contributed by atoms with Gasteiger partial charge in [0.2, 0.25) is 0 Å². The number of hydrogen-bond acceptors (Lipinski definition) is 2. The Bertz CT molecular complexity index is 353. The molecule has 13 heavy (non-hydrogen) atoms. The van der Waals surface area contributed by atoms with E-state index in [0.717, 1.165) is 11.6 Å². The lowest BCUT2D eigenvalue weighted by atomic mass is 10.1.